The third-order valence-electron chi connectivity index (χ3n) is 6.35. The number of para-hydroxylation sites is 1. The smallest absolute Gasteiger partial charge is 0.457 e. The molecule has 0 spiro atoms. The van der Waals surface area contributed by atoms with Gasteiger partial charge in [-0.2, -0.15) is 5.26 Å². The minimum atomic E-state index is -4.79. The Hall–Kier alpha value is -3.96. The quantitative estimate of drug-likeness (QED) is 0.270. The Labute approximate surface area is 223 Å². The Bertz CT molecular complexity index is 1370. The number of ether oxygens (including phenoxy) is 3. The number of esters is 1. The van der Waals surface area contributed by atoms with Gasteiger partial charge in [0.1, 0.15) is 23.3 Å². The van der Waals surface area contributed by atoms with Gasteiger partial charge in [0.05, 0.1) is 5.92 Å². The number of hydrogen-bond acceptors (Lipinski definition) is 5. The first-order chi connectivity index (χ1) is 18.0. The Balaban J connectivity index is 1.43. The van der Waals surface area contributed by atoms with Crippen molar-refractivity contribution >= 4 is 22.6 Å². The van der Waals surface area contributed by atoms with Crippen LogP contribution >= 0.6 is 11.6 Å². The van der Waals surface area contributed by atoms with Crippen molar-refractivity contribution in [1.29, 1.82) is 5.26 Å². The predicted octanol–water partition coefficient (Wildman–Crippen LogP) is 8.04. The summed E-state index contributed by atoms with van der Waals surface area (Å²) in [6.45, 7) is 3.75. The van der Waals surface area contributed by atoms with E-state index in [1.54, 1.807) is 42.5 Å². The van der Waals surface area contributed by atoms with Gasteiger partial charge >= 0.3 is 12.3 Å². The predicted molar refractivity (Wildman–Crippen MR) is 135 cm³/mol. The molecule has 5 nitrogen and oxygen atoms in total. The Morgan fingerprint density at radius 1 is 1.00 bits per heavy atom. The van der Waals surface area contributed by atoms with Crippen molar-refractivity contribution in [2.45, 2.75) is 26.3 Å². The molecule has 1 fully saturated rings. The first-order valence-corrected chi connectivity index (χ1v) is 12.0. The first-order valence-electron chi connectivity index (χ1n) is 11.6. The van der Waals surface area contributed by atoms with E-state index in [9.17, 15) is 23.2 Å². The second kappa shape index (κ2) is 10.8. The maximum absolute atomic E-state index is 13.0. The van der Waals surface area contributed by atoms with Gasteiger partial charge in [0, 0.05) is 10.6 Å². The van der Waals surface area contributed by atoms with E-state index in [0.717, 1.165) is 12.1 Å². The highest BCUT2D eigenvalue weighted by Gasteiger charge is 2.62. The SMILES string of the molecule is CC1(C)C(/C=C(\Cl)c2ccc(OC(F)(F)F)cc2)C1C(=O)OC(C#N)c1cccc(Oc2ccccc2)c1. The van der Waals surface area contributed by atoms with Gasteiger partial charge < -0.3 is 14.2 Å². The van der Waals surface area contributed by atoms with Crippen LogP contribution in [0.4, 0.5) is 13.2 Å². The molecule has 9 heteroatoms. The van der Waals surface area contributed by atoms with Crippen molar-refractivity contribution in [2.75, 3.05) is 0 Å². The van der Waals surface area contributed by atoms with Crippen LogP contribution in [0.15, 0.2) is 84.9 Å². The van der Waals surface area contributed by atoms with Gasteiger partial charge in [-0.15, -0.1) is 13.2 Å². The lowest BCUT2D eigenvalue weighted by atomic mass is 10.1. The maximum Gasteiger partial charge on any atom is 0.573 e. The van der Waals surface area contributed by atoms with Crippen LogP contribution < -0.4 is 9.47 Å². The van der Waals surface area contributed by atoms with Crippen molar-refractivity contribution in [2.24, 2.45) is 17.3 Å². The summed E-state index contributed by atoms with van der Waals surface area (Å²) in [4.78, 5) is 13.0. The summed E-state index contributed by atoms with van der Waals surface area (Å²) in [5.74, 6) is -0.625. The molecule has 38 heavy (non-hydrogen) atoms. The van der Waals surface area contributed by atoms with Crippen LogP contribution in [0.5, 0.6) is 17.2 Å². The maximum atomic E-state index is 13.0. The minimum absolute atomic E-state index is 0.277. The van der Waals surface area contributed by atoms with Crippen LogP contribution in [0.1, 0.15) is 31.1 Å². The number of allylic oxidation sites excluding steroid dienone is 1. The average Bonchev–Trinajstić information content (AvgIpc) is 3.41. The number of nitrogens with zero attached hydrogens (tertiary/aromatic N) is 1. The molecule has 4 rings (SSSR count). The number of carbonyl (C=O) groups excluding carboxylic acids is 1. The monoisotopic (exact) mass is 541 g/mol. The highest BCUT2D eigenvalue weighted by atomic mass is 35.5. The molecule has 196 valence electrons. The molecule has 3 unspecified atom stereocenters. The zero-order chi connectivity index (χ0) is 27.5. The largest absolute Gasteiger partial charge is 0.573 e. The normalized spacial score (nSPS) is 19.1. The summed E-state index contributed by atoms with van der Waals surface area (Å²) in [7, 11) is 0. The molecule has 1 saturated carbocycles. The molecule has 0 N–H and O–H groups in total. The summed E-state index contributed by atoms with van der Waals surface area (Å²) in [6, 6.07) is 23.1. The number of rotatable bonds is 8. The van der Waals surface area contributed by atoms with Crippen molar-refractivity contribution in [3.05, 3.63) is 96.1 Å². The number of hydrogen-bond donors (Lipinski definition) is 0. The van der Waals surface area contributed by atoms with Crippen LogP contribution in [0.3, 0.4) is 0 Å². The van der Waals surface area contributed by atoms with E-state index in [1.165, 1.54) is 12.1 Å². The van der Waals surface area contributed by atoms with Crippen molar-refractivity contribution in [3.63, 3.8) is 0 Å². The Morgan fingerprint density at radius 2 is 1.66 bits per heavy atom. The fraction of sp³-hybridized carbons (Fsp3) is 0.241. The van der Waals surface area contributed by atoms with E-state index >= 15 is 0 Å². The molecular formula is C29H23ClF3NO4. The number of nitriles is 1. The summed E-state index contributed by atoms with van der Waals surface area (Å²) < 4.78 is 52.4. The second-order valence-electron chi connectivity index (χ2n) is 9.35. The van der Waals surface area contributed by atoms with E-state index in [0.29, 0.717) is 22.6 Å². The molecule has 3 aromatic rings. The van der Waals surface area contributed by atoms with Gasteiger partial charge in [-0.1, -0.05) is 61.9 Å². The molecule has 1 aliphatic rings. The Kier molecular flexibility index (Phi) is 7.70. The minimum Gasteiger partial charge on any atom is -0.457 e. The molecule has 0 aromatic heterocycles. The zero-order valence-electron chi connectivity index (χ0n) is 20.4. The summed E-state index contributed by atoms with van der Waals surface area (Å²) in [5, 5.41) is 9.99. The molecule has 0 bridgehead atoms. The molecule has 0 aliphatic heterocycles. The van der Waals surface area contributed by atoms with E-state index in [-0.39, 0.29) is 16.7 Å². The number of benzene rings is 3. The molecule has 3 aromatic carbocycles. The van der Waals surface area contributed by atoms with Crippen LogP contribution in [0.2, 0.25) is 0 Å². The third kappa shape index (κ3) is 6.48. The van der Waals surface area contributed by atoms with E-state index in [1.807, 2.05) is 38.1 Å². The lowest BCUT2D eigenvalue weighted by Crippen LogP contribution is -2.16. The summed E-state index contributed by atoms with van der Waals surface area (Å²) in [5.41, 5.74) is 0.453. The molecule has 0 amide bonds. The van der Waals surface area contributed by atoms with Crippen molar-refractivity contribution < 1.29 is 32.2 Å². The molecule has 1 aliphatic carbocycles. The van der Waals surface area contributed by atoms with Crippen LogP contribution in [0, 0.1) is 28.6 Å². The van der Waals surface area contributed by atoms with Crippen LogP contribution in [-0.2, 0) is 9.53 Å². The standard InChI is InChI=1S/C29H23ClF3NO4/c1-28(2)23(16-24(30)18-11-13-21(14-12-18)38-29(31,32)33)26(28)27(35)37-25(17-34)19-7-6-10-22(15-19)36-20-8-4-3-5-9-20/h3-16,23,25-26H,1-2H3/b24-16-. The van der Waals surface area contributed by atoms with E-state index in [4.69, 9.17) is 21.1 Å². The van der Waals surface area contributed by atoms with Gasteiger partial charge in [-0.3, -0.25) is 4.79 Å². The van der Waals surface area contributed by atoms with E-state index in [2.05, 4.69) is 4.74 Å². The van der Waals surface area contributed by atoms with Crippen molar-refractivity contribution in [3.8, 4) is 23.3 Å². The summed E-state index contributed by atoms with van der Waals surface area (Å²) >= 11 is 6.42. The molecule has 0 radical (unpaired) electrons. The highest BCUT2D eigenvalue weighted by Crippen LogP contribution is 2.60. The first kappa shape index (κ1) is 27.1. The lowest BCUT2D eigenvalue weighted by Gasteiger charge is -2.13. The second-order valence-corrected chi connectivity index (χ2v) is 9.75. The van der Waals surface area contributed by atoms with Gasteiger partial charge in [0.15, 0.2) is 0 Å². The van der Waals surface area contributed by atoms with Gasteiger partial charge in [-0.05, 0) is 65.4 Å². The molecule has 0 heterocycles. The highest BCUT2D eigenvalue weighted by molar-refractivity contribution is 6.48. The fourth-order valence-corrected chi connectivity index (χ4v) is 4.49. The average molecular weight is 542 g/mol. The fourth-order valence-electron chi connectivity index (χ4n) is 4.23. The van der Waals surface area contributed by atoms with Gasteiger partial charge in [0.2, 0.25) is 6.10 Å². The summed E-state index contributed by atoms with van der Waals surface area (Å²) in [6.07, 6.45) is -4.24. The molecular weight excluding hydrogens is 519 g/mol. The number of halogens is 4. The van der Waals surface area contributed by atoms with Gasteiger partial charge in [-0.25, -0.2) is 0 Å². The molecule has 0 saturated heterocycles. The number of carbonyl (C=O) groups is 1. The van der Waals surface area contributed by atoms with Crippen LogP contribution in [0.25, 0.3) is 5.03 Å². The topological polar surface area (TPSA) is 68.5 Å². The van der Waals surface area contributed by atoms with Gasteiger partial charge in [0.25, 0.3) is 0 Å². The lowest BCUT2D eigenvalue weighted by molar-refractivity contribution is -0.274. The van der Waals surface area contributed by atoms with E-state index < -0.39 is 29.8 Å². The Morgan fingerprint density at radius 3 is 2.29 bits per heavy atom. The van der Waals surface area contributed by atoms with Crippen molar-refractivity contribution in [1.82, 2.24) is 0 Å². The zero-order valence-corrected chi connectivity index (χ0v) is 21.2. The van der Waals surface area contributed by atoms with Crippen LogP contribution in [-0.4, -0.2) is 12.3 Å². The number of alkyl halides is 3. The molecule has 3 atom stereocenters. The third-order valence-corrected chi connectivity index (χ3v) is 6.69.